The van der Waals surface area contributed by atoms with Gasteiger partial charge in [0.1, 0.15) is 16.7 Å². The Hall–Kier alpha value is -3.66. The average Bonchev–Trinajstić information content (AvgIpc) is 3.50. The third-order valence-corrected chi connectivity index (χ3v) is 5.60. The second-order valence-corrected chi connectivity index (χ2v) is 7.27. The number of hydrogen-bond donors (Lipinski definition) is 1. The quantitative estimate of drug-likeness (QED) is 0.467. The van der Waals surface area contributed by atoms with E-state index in [0.29, 0.717) is 5.69 Å². The van der Waals surface area contributed by atoms with Crippen LogP contribution in [0.3, 0.4) is 0 Å². The van der Waals surface area contributed by atoms with E-state index in [-0.39, 0.29) is 33.7 Å². The standard InChI is InChI=1S/C20H16N2O7S/c1-3-27-19(26)17-10(2)21-20(30-17)22-14(11-6-4-8-28-11)13(16(24)18(22)25)15(23)12-7-5-9-29-12/h4-9,14,24H,3H2,1-2H3/t14-/m1/s1. The molecule has 9 nitrogen and oxygen atoms in total. The Morgan fingerprint density at radius 1 is 1.27 bits per heavy atom. The summed E-state index contributed by atoms with van der Waals surface area (Å²) in [4.78, 5) is 43.8. The summed E-state index contributed by atoms with van der Waals surface area (Å²) in [5.74, 6) is -2.59. The molecule has 4 heterocycles. The van der Waals surface area contributed by atoms with Crippen LogP contribution in [-0.2, 0) is 9.53 Å². The molecule has 0 fully saturated rings. The number of furan rings is 2. The molecule has 0 radical (unpaired) electrons. The van der Waals surface area contributed by atoms with Crippen LogP contribution in [0.1, 0.15) is 44.6 Å². The third-order valence-electron chi connectivity index (χ3n) is 4.46. The van der Waals surface area contributed by atoms with Crippen molar-refractivity contribution in [3.63, 3.8) is 0 Å². The van der Waals surface area contributed by atoms with Crippen LogP contribution in [0.25, 0.3) is 0 Å². The molecule has 0 spiro atoms. The number of anilines is 1. The fourth-order valence-electron chi connectivity index (χ4n) is 3.16. The summed E-state index contributed by atoms with van der Waals surface area (Å²) < 4.78 is 15.6. The maximum atomic E-state index is 13.0. The number of carbonyl (C=O) groups excluding carboxylic acids is 3. The van der Waals surface area contributed by atoms with Gasteiger partial charge in [0, 0.05) is 0 Å². The number of rotatable bonds is 6. The van der Waals surface area contributed by atoms with Crippen molar-refractivity contribution in [2.75, 3.05) is 11.5 Å². The summed E-state index contributed by atoms with van der Waals surface area (Å²) in [7, 11) is 0. The van der Waals surface area contributed by atoms with Gasteiger partial charge >= 0.3 is 5.97 Å². The zero-order valence-corrected chi connectivity index (χ0v) is 16.8. The van der Waals surface area contributed by atoms with Gasteiger partial charge in [-0.15, -0.1) is 0 Å². The van der Waals surface area contributed by atoms with Gasteiger partial charge in [-0.1, -0.05) is 11.3 Å². The molecule has 0 aromatic carbocycles. The first-order valence-corrected chi connectivity index (χ1v) is 9.78. The molecule has 0 saturated carbocycles. The Bertz CT molecular complexity index is 1140. The van der Waals surface area contributed by atoms with Gasteiger partial charge in [-0.05, 0) is 38.1 Å². The second-order valence-electron chi connectivity index (χ2n) is 6.29. The molecule has 0 bridgehead atoms. The summed E-state index contributed by atoms with van der Waals surface area (Å²) in [5.41, 5.74) is 0.167. The monoisotopic (exact) mass is 428 g/mol. The molecule has 1 aliphatic rings. The van der Waals surface area contributed by atoms with Gasteiger partial charge in [-0.25, -0.2) is 9.78 Å². The molecule has 10 heteroatoms. The van der Waals surface area contributed by atoms with Crippen molar-refractivity contribution in [3.8, 4) is 0 Å². The Balaban J connectivity index is 1.81. The molecule has 1 aliphatic heterocycles. The number of nitrogens with zero attached hydrogens (tertiary/aromatic N) is 2. The molecule has 0 unspecified atom stereocenters. The molecule has 3 aromatic rings. The number of carbonyl (C=O) groups is 3. The molecule has 0 aliphatic carbocycles. The molecular weight excluding hydrogens is 412 g/mol. The Labute approximate surface area is 174 Å². The molecule has 1 N–H and O–H groups in total. The second kappa shape index (κ2) is 7.64. The van der Waals surface area contributed by atoms with Crippen LogP contribution in [0.5, 0.6) is 0 Å². The summed E-state index contributed by atoms with van der Waals surface area (Å²) in [5, 5.41) is 10.7. The largest absolute Gasteiger partial charge is 0.503 e. The van der Waals surface area contributed by atoms with Gasteiger partial charge in [0.2, 0.25) is 5.78 Å². The van der Waals surface area contributed by atoms with Gasteiger partial charge in [0.25, 0.3) is 5.91 Å². The fraction of sp³-hybridized carbons (Fsp3) is 0.200. The number of aromatic nitrogens is 1. The number of aliphatic hydroxyl groups excluding tert-OH is 1. The minimum absolute atomic E-state index is 0.0368. The molecular formula is C20H16N2O7S. The molecule has 0 saturated heterocycles. The van der Waals surface area contributed by atoms with Crippen LogP contribution in [0.2, 0.25) is 0 Å². The van der Waals surface area contributed by atoms with Gasteiger partial charge in [0.15, 0.2) is 16.7 Å². The number of esters is 1. The Morgan fingerprint density at radius 3 is 2.63 bits per heavy atom. The lowest BCUT2D eigenvalue weighted by Gasteiger charge is -2.21. The van der Waals surface area contributed by atoms with Crippen molar-refractivity contribution < 1.29 is 33.1 Å². The summed E-state index contributed by atoms with van der Waals surface area (Å²) in [6, 6.07) is 5.05. The molecule has 154 valence electrons. The molecule has 30 heavy (non-hydrogen) atoms. The van der Waals surface area contributed by atoms with Crippen molar-refractivity contribution >= 4 is 34.1 Å². The van der Waals surface area contributed by atoms with Crippen molar-refractivity contribution in [1.82, 2.24) is 4.98 Å². The first-order chi connectivity index (χ1) is 14.4. The van der Waals surface area contributed by atoms with Gasteiger partial charge in [-0.2, -0.15) is 0 Å². The molecule has 1 atom stereocenters. The van der Waals surface area contributed by atoms with Crippen LogP contribution in [0, 0.1) is 6.92 Å². The molecule has 3 aromatic heterocycles. The average molecular weight is 428 g/mol. The third kappa shape index (κ3) is 3.11. The lowest BCUT2D eigenvalue weighted by atomic mass is 10.00. The minimum atomic E-state index is -1.08. The van der Waals surface area contributed by atoms with Gasteiger partial charge in [-0.3, -0.25) is 14.5 Å². The Morgan fingerprint density at radius 2 is 2.00 bits per heavy atom. The number of ether oxygens (including phenoxy) is 1. The fourth-order valence-corrected chi connectivity index (χ4v) is 4.15. The van der Waals surface area contributed by atoms with E-state index in [1.54, 1.807) is 26.0 Å². The van der Waals surface area contributed by atoms with Crippen molar-refractivity contribution in [2.24, 2.45) is 0 Å². The predicted molar refractivity (Wildman–Crippen MR) is 104 cm³/mol. The summed E-state index contributed by atoms with van der Waals surface area (Å²) >= 11 is 0.928. The molecule has 4 rings (SSSR count). The van der Waals surface area contributed by atoms with Crippen LogP contribution in [0.15, 0.2) is 57.0 Å². The van der Waals surface area contributed by atoms with Crippen LogP contribution < -0.4 is 4.90 Å². The zero-order chi connectivity index (χ0) is 21.4. The van der Waals surface area contributed by atoms with Gasteiger partial charge in [0.05, 0.1) is 30.4 Å². The predicted octanol–water partition coefficient (Wildman–Crippen LogP) is 3.60. The minimum Gasteiger partial charge on any atom is -0.503 e. The number of aliphatic hydroxyl groups is 1. The van der Waals surface area contributed by atoms with E-state index in [1.807, 2.05) is 0 Å². The maximum Gasteiger partial charge on any atom is 0.350 e. The van der Waals surface area contributed by atoms with Crippen LogP contribution in [-0.4, -0.2) is 34.4 Å². The van der Waals surface area contributed by atoms with E-state index >= 15 is 0 Å². The van der Waals surface area contributed by atoms with E-state index in [0.717, 1.165) is 16.2 Å². The van der Waals surface area contributed by atoms with Crippen molar-refractivity contribution in [1.29, 1.82) is 0 Å². The van der Waals surface area contributed by atoms with Gasteiger partial charge < -0.3 is 18.7 Å². The highest BCUT2D eigenvalue weighted by molar-refractivity contribution is 7.17. The zero-order valence-electron chi connectivity index (χ0n) is 15.9. The smallest absolute Gasteiger partial charge is 0.350 e. The van der Waals surface area contributed by atoms with Crippen LogP contribution >= 0.6 is 11.3 Å². The number of Topliss-reactive ketones (excluding diaryl/α,β-unsaturated/α-hetero) is 1. The highest BCUT2D eigenvalue weighted by Gasteiger charge is 2.48. The topological polar surface area (TPSA) is 123 Å². The number of hydrogen-bond acceptors (Lipinski definition) is 9. The number of aryl methyl sites for hydroxylation is 1. The first kappa shape index (κ1) is 19.6. The van der Waals surface area contributed by atoms with E-state index in [9.17, 15) is 19.5 Å². The van der Waals surface area contributed by atoms with Crippen LogP contribution in [0.4, 0.5) is 5.13 Å². The highest BCUT2D eigenvalue weighted by atomic mass is 32.1. The highest BCUT2D eigenvalue weighted by Crippen LogP contribution is 2.43. The van der Waals surface area contributed by atoms with E-state index in [2.05, 4.69) is 4.98 Å². The SMILES string of the molecule is CCOC(=O)c1sc(N2C(=O)C(O)=C(C(=O)c3ccco3)[C@H]2c2ccco2)nc1C. The van der Waals surface area contributed by atoms with E-state index in [4.69, 9.17) is 13.6 Å². The summed E-state index contributed by atoms with van der Waals surface area (Å²) in [6.07, 6.45) is 2.70. The van der Waals surface area contributed by atoms with E-state index < -0.39 is 29.5 Å². The lowest BCUT2D eigenvalue weighted by Crippen LogP contribution is -2.30. The molecule has 1 amide bonds. The lowest BCUT2D eigenvalue weighted by molar-refractivity contribution is -0.117. The maximum absolute atomic E-state index is 13.0. The number of amides is 1. The van der Waals surface area contributed by atoms with E-state index in [1.165, 1.54) is 24.7 Å². The number of thiazole rings is 1. The van der Waals surface area contributed by atoms with Crippen molar-refractivity contribution in [3.05, 3.63) is 70.2 Å². The number of ketones is 1. The first-order valence-electron chi connectivity index (χ1n) is 8.96. The normalized spacial score (nSPS) is 16.4. The Kier molecular flexibility index (Phi) is 5.00. The van der Waals surface area contributed by atoms with Crippen molar-refractivity contribution in [2.45, 2.75) is 19.9 Å². The summed E-state index contributed by atoms with van der Waals surface area (Å²) in [6.45, 7) is 3.48.